The number of halogens is 3. The van der Waals surface area contributed by atoms with Gasteiger partial charge in [-0.2, -0.15) is 4.39 Å². The van der Waals surface area contributed by atoms with Crippen LogP contribution in [0.3, 0.4) is 0 Å². The van der Waals surface area contributed by atoms with Crippen LogP contribution in [0, 0.1) is 11.6 Å². The van der Waals surface area contributed by atoms with Gasteiger partial charge in [0.15, 0.2) is 17.2 Å². The van der Waals surface area contributed by atoms with Crippen molar-refractivity contribution in [3.63, 3.8) is 0 Å². The molecule has 10 heteroatoms. The van der Waals surface area contributed by atoms with Crippen LogP contribution < -0.4 is 10.5 Å². The molecule has 2 aliphatic heterocycles. The van der Waals surface area contributed by atoms with E-state index in [4.69, 9.17) is 10.5 Å². The molecule has 1 aromatic carbocycles. The number of nitrogens with two attached hydrogens (primary N) is 1. The van der Waals surface area contributed by atoms with Crippen molar-refractivity contribution < 1.29 is 22.7 Å². The molecule has 1 amide bonds. The zero-order chi connectivity index (χ0) is 26.7. The summed E-state index contributed by atoms with van der Waals surface area (Å²) in [5.41, 5.74) is 4.48. The molecule has 36 heavy (non-hydrogen) atoms. The fourth-order valence-electron chi connectivity index (χ4n) is 4.20. The van der Waals surface area contributed by atoms with E-state index >= 15 is 4.39 Å². The predicted molar refractivity (Wildman–Crippen MR) is 134 cm³/mol. The maximum Gasteiger partial charge on any atom is 0.260 e. The molecule has 2 fully saturated rings. The highest BCUT2D eigenvalue weighted by Gasteiger charge is 2.44. The molecule has 200 valence electrons. The fourth-order valence-corrected chi connectivity index (χ4v) is 4.20. The Bertz CT molecular complexity index is 945. The highest BCUT2D eigenvalue weighted by Crippen LogP contribution is 2.31. The Hall–Kier alpha value is -2.88. The van der Waals surface area contributed by atoms with Crippen molar-refractivity contribution in [2.75, 3.05) is 31.9 Å². The Balaban J connectivity index is 0.00000109. The van der Waals surface area contributed by atoms with Crippen LogP contribution in [0.4, 0.5) is 19.1 Å². The van der Waals surface area contributed by atoms with E-state index in [0.29, 0.717) is 45.6 Å². The van der Waals surface area contributed by atoms with Crippen molar-refractivity contribution in [2.45, 2.75) is 71.7 Å². The van der Waals surface area contributed by atoms with Crippen LogP contribution in [0.5, 0.6) is 5.75 Å². The number of alkyl halides is 1. The summed E-state index contributed by atoms with van der Waals surface area (Å²) in [7, 11) is 0. The van der Waals surface area contributed by atoms with Crippen LogP contribution in [0.2, 0.25) is 0 Å². The van der Waals surface area contributed by atoms with E-state index in [0.717, 1.165) is 11.6 Å². The Labute approximate surface area is 211 Å². The summed E-state index contributed by atoms with van der Waals surface area (Å²) in [6.45, 7) is 10.1. The van der Waals surface area contributed by atoms with Crippen LogP contribution in [-0.2, 0) is 11.3 Å². The monoisotopic (exact) mass is 509 g/mol. The number of carbonyl (C=O) groups excluding carboxylic acids is 1. The first-order valence-electron chi connectivity index (χ1n) is 12.7. The summed E-state index contributed by atoms with van der Waals surface area (Å²) in [6, 6.07) is 3.78. The molecule has 2 aromatic rings. The number of ether oxygens (including phenoxy) is 1. The summed E-state index contributed by atoms with van der Waals surface area (Å²) in [4.78, 5) is 24.4. The topological polar surface area (TPSA) is 84.6 Å². The number of hydrogen-bond donors (Lipinski definition) is 1. The molecule has 0 saturated carbocycles. The number of anilines is 1. The van der Waals surface area contributed by atoms with E-state index in [-0.39, 0.29) is 30.6 Å². The minimum atomic E-state index is -1.89. The van der Waals surface area contributed by atoms with Gasteiger partial charge in [-0.1, -0.05) is 33.8 Å². The second kappa shape index (κ2) is 14.0. The van der Waals surface area contributed by atoms with E-state index in [1.54, 1.807) is 12.4 Å². The number of nitrogens with zero attached hydrogens (tertiary/aromatic N) is 4. The number of hydrogen-bond acceptors (Lipinski definition) is 6. The largest absolute Gasteiger partial charge is 0.487 e. The number of nitrogen functional groups attached to an aromatic ring is 1. The lowest BCUT2D eigenvalue weighted by atomic mass is 9.90. The maximum atomic E-state index is 15.5. The van der Waals surface area contributed by atoms with Crippen LogP contribution in [0.25, 0.3) is 0 Å². The quantitative estimate of drug-likeness (QED) is 0.626. The van der Waals surface area contributed by atoms with Crippen molar-refractivity contribution in [1.29, 1.82) is 0 Å². The second-order valence-corrected chi connectivity index (χ2v) is 8.35. The molecule has 3 heterocycles. The number of benzene rings is 1. The van der Waals surface area contributed by atoms with Crippen LogP contribution in [-0.4, -0.2) is 63.6 Å². The standard InChI is InChI=1S/C22H26F3N5O2.2C2H6/c23-17-2-1-3-18(19(17)24)32-16-4-8-30(9-5-16)20(31)22(25)6-10-29(11-7-22)14-15-12-27-21(26)28-13-15;2*1-2/h1-3,12-13,16H,4-11,14H2,(H2,26,27,28);2*1-2H3. The third-order valence-electron chi connectivity index (χ3n) is 6.10. The first-order valence-corrected chi connectivity index (χ1v) is 12.7. The zero-order valence-electron chi connectivity index (χ0n) is 21.6. The number of aromatic nitrogens is 2. The molecule has 0 atom stereocenters. The van der Waals surface area contributed by atoms with E-state index in [2.05, 4.69) is 14.9 Å². The highest BCUT2D eigenvalue weighted by molar-refractivity contribution is 5.85. The average Bonchev–Trinajstić information content (AvgIpc) is 2.92. The molecular formula is C26H38F3N5O2. The number of likely N-dealkylation sites (tertiary alicyclic amines) is 2. The summed E-state index contributed by atoms with van der Waals surface area (Å²) < 4.78 is 48.2. The lowest BCUT2D eigenvalue weighted by Gasteiger charge is -2.40. The Morgan fingerprint density at radius 3 is 2.22 bits per heavy atom. The van der Waals surface area contributed by atoms with Gasteiger partial charge >= 0.3 is 0 Å². The average molecular weight is 510 g/mol. The highest BCUT2D eigenvalue weighted by atomic mass is 19.2. The molecule has 2 N–H and O–H groups in total. The lowest BCUT2D eigenvalue weighted by molar-refractivity contribution is -0.149. The van der Waals surface area contributed by atoms with Gasteiger partial charge in [-0.3, -0.25) is 9.69 Å². The smallest absolute Gasteiger partial charge is 0.260 e. The van der Waals surface area contributed by atoms with Gasteiger partial charge < -0.3 is 15.4 Å². The fraction of sp³-hybridized carbons (Fsp3) is 0.577. The van der Waals surface area contributed by atoms with E-state index < -0.39 is 23.2 Å². The molecule has 2 saturated heterocycles. The molecule has 4 rings (SSSR count). The van der Waals surface area contributed by atoms with Gasteiger partial charge in [-0.05, 0) is 12.1 Å². The molecule has 0 aliphatic carbocycles. The summed E-state index contributed by atoms with van der Waals surface area (Å²) in [6.07, 6.45) is 4.04. The minimum absolute atomic E-state index is 0.118. The molecule has 0 spiro atoms. The first kappa shape index (κ1) is 29.4. The van der Waals surface area contributed by atoms with Crippen LogP contribution >= 0.6 is 0 Å². The molecule has 0 unspecified atom stereocenters. The number of carbonyl (C=O) groups is 1. The molecule has 1 aromatic heterocycles. The second-order valence-electron chi connectivity index (χ2n) is 8.35. The molecule has 2 aliphatic rings. The summed E-state index contributed by atoms with van der Waals surface area (Å²) in [5.74, 6) is -2.43. The van der Waals surface area contributed by atoms with E-state index in [1.165, 1.54) is 17.0 Å². The maximum absolute atomic E-state index is 15.5. The molecular weight excluding hydrogens is 471 g/mol. The van der Waals surface area contributed by atoms with Crippen LogP contribution in [0.1, 0.15) is 58.9 Å². The Kier molecular flexibility index (Phi) is 11.4. The SMILES string of the molecule is CC.CC.Nc1ncc(CN2CCC(F)(C(=O)N3CCC(Oc4cccc(F)c4F)CC3)CC2)cn1. The van der Waals surface area contributed by atoms with Crippen molar-refractivity contribution in [3.05, 3.63) is 47.8 Å². The summed E-state index contributed by atoms with van der Waals surface area (Å²) >= 11 is 0. The summed E-state index contributed by atoms with van der Waals surface area (Å²) in [5, 5.41) is 0. The van der Waals surface area contributed by atoms with Crippen molar-refractivity contribution >= 4 is 11.9 Å². The van der Waals surface area contributed by atoms with E-state index in [9.17, 15) is 13.6 Å². The van der Waals surface area contributed by atoms with Crippen molar-refractivity contribution in [3.8, 4) is 5.75 Å². The molecule has 7 nitrogen and oxygen atoms in total. The van der Waals surface area contributed by atoms with Gasteiger partial charge in [0.05, 0.1) is 0 Å². The number of piperidine rings is 2. The van der Waals surface area contributed by atoms with Crippen molar-refractivity contribution in [1.82, 2.24) is 19.8 Å². The van der Waals surface area contributed by atoms with Gasteiger partial charge in [0, 0.05) is 76.4 Å². The van der Waals surface area contributed by atoms with Crippen molar-refractivity contribution in [2.24, 2.45) is 0 Å². The third kappa shape index (κ3) is 7.56. The number of rotatable bonds is 5. The lowest BCUT2D eigenvalue weighted by Crippen LogP contribution is -2.54. The van der Waals surface area contributed by atoms with Gasteiger partial charge in [0.25, 0.3) is 5.91 Å². The molecule has 0 bridgehead atoms. The van der Waals surface area contributed by atoms with Gasteiger partial charge in [0.2, 0.25) is 11.8 Å². The minimum Gasteiger partial charge on any atom is -0.487 e. The van der Waals surface area contributed by atoms with Crippen LogP contribution in [0.15, 0.2) is 30.6 Å². The Morgan fingerprint density at radius 2 is 1.64 bits per heavy atom. The Morgan fingerprint density at radius 1 is 1.06 bits per heavy atom. The number of amides is 1. The van der Waals surface area contributed by atoms with Gasteiger partial charge in [-0.25, -0.2) is 18.7 Å². The zero-order valence-corrected chi connectivity index (χ0v) is 21.6. The predicted octanol–water partition coefficient (Wildman–Crippen LogP) is 4.76. The first-order chi connectivity index (χ1) is 17.3. The van der Waals surface area contributed by atoms with Gasteiger partial charge in [-0.15, -0.1) is 0 Å². The third-order valence-corrected chi connectivity index (χ3v) is 6.10. The van der Waals surface area contributed by atoms with E-state index in [1.807, 2.05) is 27.7 Å². The normalized spacial score (nSPS) is 17.8. The molecule has 0 radical (unpaired) electrons. The van der Waals surface area contributed by atoms with Gasteiger partial charge in [0.1, 0.15) is 6.10 Å².